The molecule has 26 heavy (non-hydrogen) atoms. The van der Waals surface area contributed by atoms with Crippen molar-refractivity contribution in [2.45, 2.75) is 40.5 Å². The maximum atomic E-state index is 2.61. The smallest absolute Gasteiger partial charge is 0.00156 e. The van der Waals surface area contributed by atoms with E-state index in [0.29, 0.717) is 11.8 Å². The van der Waals surface area contributed by atoms with Crippen LogP contribution in [0.2, 0.25) is 0 Å². The van der Waals surface area contributed by atoms with Crippen LogP contribution < -0.4 is 0 Å². The zero-order chi connectivity index (χ0) is 18.1. The topological polar surface area (TPSA) is 0 Å². The minimum absolute atomic E-state index is 0.149. The molecule has 0 amide bonds. The fourth-order valence-electron chi connectivity index (χ4n) is 6.37. The maximum Gasteiger partial charge on any atom is -0.00156 e. The largest absolute Gasteiger partial charge is 0.0759 e. The maximum absolute atomic E-state index is 2.61. The number of benzene rings is 2. The third-order valence-corrected chi connectivity index (χ3v) is 7.22. The van der Waals surface area contributed by atoms with Crippen molar-refractivity contribution in [3.63, 3.8) is 0 Å². The molecule has 0 fully saturated rings. The van der Waals surface area contributed by atoms with Crippen LogP contribution in [0.25, 0.3) is 11.1 Å². The Bertz CT molecular complexity index is 952. The summed E-state index contributed by atoms with van der Waals surface area (Å²) in [4.78, 5) is 0. The molecule has 3 aliphatic rings. The number of rotatable bonds is 1. The van der Waals surface area contributed by atoms with E-state index in [0.717, 1.165) is 6.42 Å². The summed E-state index contributed by atoms with van der Waals surface area (Å²) in [6.07, 6.45) is 7.41. The molecule has 2 aromatic carbocycles. The lowest BCUT2D eigenvalue weighted by molar-refractivity contribution is 0.105. The van der Waals surface area contributed by atoms with Gasteiger partial charge in [0.25, 0.3) is 0 Å². The van der Waals surface area contributed by atoms with Gasteiger partial charge in [0.1, 0.15) is 0 Å². The van der Waals surface area contributed by atoms with E-state index in [2.05, 4.69) is 88.4 Å². The van der Waals surface area contributed by atoms with Crippen molar-refractivity contribution in [2.75, 3.05) is 0 Å². The SMILES string of the molecule is CC1(C)C=C2c3ccccc3C[C@H]2C(C)(C)[C@H]1C1=CCc2ccccc21. The van der Waals surface area contributed by atoms with E-state index >= 15 is 0 Å². The van der Waals surface area contributed by atoms with E-state index in [4.69, 9.17) is 0 Å². The first-order valence-corrected chi connectivity index (χ1v) is 9.99. The van der Waals surface area contributed by atoms with Crippen LogP contribution in [-0.4, -0.2) is 0 Å². The summed E-state index contributed by atoms with van der Waals surface area (Å²) in [6.45, 7) is 9.94. The average molecular weight is 341 g/mol. The molecule has 0 bridgehead atoms. The molecule has 2 atom stereocenters. The molecule has 0 spiro atoms. The lowest BCUT2D eigenvalue weighted by Gasteiger charge is -2.52. The molecular formula is C26H28. The minimum atomic E-state index is 0.149. The van der Waals surface area contributed by atoms with Gasteiger partial charge in [-0.3, -0.25) is 0 Å². The van der Waals surface area contributed by atoms with E-state index < -0.39 is 0 Å². The Hall–Kier alpha value is -2.08. The molecule has 0 saturated heterocycles. The zero-order valence-corrected chi connectivity index (χ0v) is 16.3. The summed E-state index contributed by atoms with van der Waals surface area (Å²) in [5.41, 5.74) is 9.59. The average Bonchev–Trinajstić information content (AvgIpc) is 3.17. The molecule has 0 aromatic heterocycles. The molecule has 0 heterocycles. The van der Waals surface area contributed by atoms with Crippen molar-refractivity contribution in [3.05, 3.63) is 82.9 Å². The third-order valence-electron chi connectivity index (χ3n) is 7.22. The summed E-state index contributed by atoms with van der Waals surface area (Å²) < 4.78 is 0. The second kappa shape index (κ2) is 5.22. The van der Waals surface area contributed by atoms with Gasteiger partial charge in [-0.1, -0.05) is 88.4 Å². The second-order valence-corrected chi connectivity index (χ2v) is 9.61. The molecular weight excluding hydrogens is 312 g/mol. The van der Waals surface area contributed by atoms with Crippen molar-refractivity contribution < 1.29 is 0 Å². The molecule has 0 radical (unpaired) electrons. The van der Waals surface area contributed by atoms with Crippen LogP contribution in [0.4, 0.5) is 0 Å². The predicted octanol–water partition coefficient (Wildman–Crippen LogP) is 6.56. The lowest BCUT2D eigenvalue weighted by atomic mass is 9.52. The molecule has 5 rings (SSSR count). The van der Waals surface area contributed by atoms with Gasteiger partial charge in [-0.15, -0.1) is 0 Å². The Balaban J connectivity index is 1.66. The highest BCUT2D eigenvalue weighted by Gasteiger charge is 2.53. The normalized spacial score (nSPS) is 27.2. The molecule has 0 nitrogen and oxygen atoms in total. The molecule has 0 aliphatic heterocycles. The number of hydrogen-bond acceptors (Lipinski definition) is 0. The van der Waals surface area contributed by atoms with Crippen molar-refractivity contribution in [3.8, 4) is 0 Å². The van der Waals surface area contributed by atoms with E-state index in [9.17, 15) is 0 Å². The lowest BCUT2D eigenvalue weighted by Crippen LogP contribution is -2.44. The van der Waals surface area contributed by atoms with Gasteiger partial charge >= 0.3 is 0 Å². The summed E-state index contributed by atoms with van der Waals surface area (Å²) in [6, 6.07) is 18.1. The Labute approximate surface area is 157 Å². The first kappa shape index (κ1) is 16.1. The Morgan fingerprint density at radius 1 is 0.769 bits per heavy atom. The van der Waals surface area contributed by atoms with Crippen LogP contribution >= 0.6 is 0 Å². The summed E-state index contributed by atoms with van der Waals surface area (Å²) in [7, 11) is 0. The summed E-state index contributed by atoms with van der Waals surface area (Å²) in [5.74, 6) is 1.16. The van der Waals surface area contributed by atoms with E-state index in [1.54, 1.807) is 11.1 Å². The van der Waals surface area contributed by atoms with Crippen LogP contribution in [0.15, 0.2) is 60.7 Å². The highest BCUT2D eigenvalue weighted by molar-refractivity contribution is 5.81. The molecule has 0 saturated carbocycles. The van der Waals surface area contributed by atoms with E-state index in [-0.39, 0.29) is 10.8 Å². The summed E-state index contributed by atoms with van der Waals surface area (Å²) >= 11 is 0. The number of hydrogen-bond donors (Lipinski definition) is 0. The molecule has 0 heteroatoms. The van der Waals surface area contributed by atoms with Gasteiger partial charge in [-0.2, -0.15) is 0 Å². The van der Waals surface area contributed by atoms with Crippen molar-refractivity contribution in [1.29, 1.82) is 0 Å². The van der Waals surface area contributed by atoms with Crippen molar-refractivity contribution in [2.24, 2.45) is 22.7 Å². The van der Waals surface area contributed by atoms with E-state index in [1.165, 1.54) is 28.7 Å². The van der Waals surface area contributed by atoms with Crippen LogP contribution in [0.1, 0.15) is 49.9 Å². The Kier molecular flexibility index (Phi) is 3.24. The van der Waals surface area contributed by atoms with Crippen molar-refractivity contribution >= 4 is 11.1 Å². The molecule has 132 valence electrons. The quantitative estimate of drug-likeness (QED) is 0.551. The van der Waals surface area contributed by atoms with Crippen LogP contribution in [-0.2, 0) is 12.8 Å². The Morgan fingerprint density at radius 3 is 2.12 bits per heavy atom. The highest BCUT2D eigenvalue weighted by Crippen LogP contribution is 2.63. The van der Waals surface area contributed by atoms with Gasteiger partial charge in [-0.25, -0.2) is 0 Å². The molecule has 2 aromatic rings. The van der Waals surface area contributed by atoms with Gasteiger partial charge < -0.3 is 0 Å². The second-order valence-electron chi connectivity index (χ2n) is 9.61. The fourth-order valence-corrected chi connectivity index (χ4v) is 6.37. The van der Waals surface area contributed by atoms with Crippen LogP contribution in [0.3, 0.4) is 0 Å². The van der Waals surface area contributed by atoms with E-state index in [1.807, 2.05) is 0 Å². The first-order chi connectivity index (χ1) is 12.4. The molecule has 0 unspecified atom stereocenters. The van der Waals surface area contributed by atoms with Gasteiger partial charge in [0.05, 0.1) is 0 Å². The zero-order valence-electron chi connectivity index (χ0n) is 16.3. The third kappa shape index (κ3) is 2.08. The standard InChI is InChI=1S/C26H28/c1-25(2)16-22-20-12-8-6-10-18(20)15-23(22)26(3,4)24(25)21-14-13-17-9-5-7-11-19(17)21/h5-12,14,16,23-24H,13,15H2,1-4H3/t23-,24+/m1/s1. The van der Waals surface area contributed by atoms with Gasteiger partial charge in [0, 0.05) is 0 Å². The fraction of sp³-hybridized carbons (Fsp3) is 0.385. The molecule has 0 N–H and O–H groups in total. The predicted molar refractivity (Wildman–Crippen MR) is 111 cm³/mol. The summed E-state index contributed by atoms with van der Waals surface area (Å²) in [5, 5.41) is 0. The van der Waals surface area contributed by atoms with Gasteiger partial charge in [-0.05, 0) is 68.9 Å². The number of fused-ring (bicyclic) bond motifs is 4. The van der Waals surface area contributed by atoms with Crippen LogP contribution in [0, 0.1) is 22.7 Å². The monoisotopic (exact) mass is 340 g/mol. The van der Waals surface area contributed by atoms with Crippen LogP contribution in [0.5, 0.6) is 0 Å². The molecule has 3 aliphatic carbocycles. The first-order valence-electron chi connectivity index (χ1n) is 9.99. The number of allylic oxidation sites excluding steroid dienone is 4. The highest BCUT2D eigenvalue weighted by atomic mass is 14.6. The van der Waals surface area contributed by atoms with Gasteiger partial charge in [0.15, 0.2) is 0 Å². The van der Waals surface area contributed by atoms with Gasteiger partial charge in [0.2, 0.25) is 0 Å². The van der Waals surface area contributed by atoms with Crippen molar-refractivity contribution in [1.82, 2.24) is 0 Å². The minimum Gasteiger partial charge on any atom is -0.0759 e. The Morgan fingerprint density at radius 2 is 1.38 bits per heavy atom.